The molecule has 0 spiro atoms. The molecule has 1 N–H and O–H groups in total. The number of benzene rings is 3. The van der Waals surface area contributed by atoms with Gasteiger partial charge >= 0.3 is 0 Å². The van der Waals surface area contributed by atoms with Crippen LogP contribution < -0.4 is 9.62 Å². The number of unbranched alkanes of at least 4 members (excludes halogenated alkanes) is 1. The molecule has 220 valence electrons. The molecule has 3 rings (SSSR count). The summed E-state index contributed by atoms with van der Waals surface area (Å²) >= 11 is 25.0. The van der Waals surface area contributed by atoms with Gasteiger partial charge in [0.2, 0.25) is 11.8 Å². The van der Waals surface area contributed by atoms with Gasteiger partial charge in [-0.15, -0.1) is 0 Å². The van der Waals surface area contributed by atoms with E-state index in [4.69, 9.17) is 46.4 Å². The number of hydrogen-bond acceptors (Lipinski definition) is 4. The minimum absolute atomic E-state index is 0.0280. The highest BCUT2D eigenvalue weighted by atomic mass is 35.5. The molecule has 0 heterocycles. The molecule has 0 unspecified atom stereocenters. The molecule has 2 amide bonds. The van der Waals surface area contributed by atoms with E-state index >= 15 is 0 Å². The number of hydrogen-bond donors (Lipinski definition) is 1. The third kappa shape index (κ3) is 8.30. The van der Waals surface area contributed by atoms with Crippen LogP contribution in [0.5, 0.6) is 0 Å². The van der Waals surface area contributed by atoms with Gasteiger partial charge in [-0.2, -0.15) is 0 Å². The fourth-order valence-corrected chi connectivity index (χ4v) is 6.18. The molecule has 3 aromatic rings. The maximum atomic E-state index is 14.0. The molecule has 0 radical (unpaired) electrons. The molecule has 0 fully saturated rings. The Kier molecular flexibility index (Phi) is 11.8. The van der Waals surface area contributed by atoms with Gasteiger partial charge in [0, 0.05) is 13.1 Å². The van der Waals surface area contributed by atoms with Gasteiger partial charge in [-0.05, 0) is 62.2 Å². The lowest BCUT2D eigenvalue weighted by atomic mass is 10.1. The van der Waals surface area contributed by atoms with Gasteiger partial charge in [0.15, 0.2) is 0 Å². The minimum atomic E-state index is -4.28. The average Bonchev–Trinajstić information content (AvgIpc) is 2.93. The number of carbonyl (C=O) groups excluding carboxylic acids is 2. The molecule has 0 aromatic heterocycles. The molecule has 7 nitrogen and oxygen atoms in total. The molecule has 0 aliphatic heterocycles. The van der Waals surface area contributed by atoms with Crippen molar-refractivity contribution in [2.75, 3.05) is 17.4 Å². The van der Waals surface area contributed by atoms with E-state index in [0.29, 0.717) is 17.1 Å². The number of rotatable bonds is 12. The Balaban J connectivity index is 2.06. The van der Waals surface area contributed by atoms with Gasteiger partial charge < -0.3 is 10.2 Å². The first kappa shape index (κ1) is 33.0. The third-order valence-electron chi connectivity index (χ3n) is 6.42. The largest absolute Gasteiger partial charge is 0.354 e. The second-order valence-corrected chi connectivity index (χ2v) is 13.0. The molecule has 0 aliphatic rings. The van der Waals surface area contributed by atoms with Crippen LogP contribution in [0.25, 0.3) is 0 Å². The third-order valence-corrected chi connectivity index (χ3v) is 9.74. The summed E-state index contributed by atoms with van der Waals surface area (Å²) in [6, 6.07) is 14.7. The van der Waals surface area contributed by atoms with Crippen molar-refractivity contribution >= 4 is 73.9 Å². The number of nitrogens with one attached hydrogen (secondary N) is 1. The van der Waals surface area contributed by atoms with Crippen LogP contribution in [0.3, 0.4) is 0 Å². The maximum Gasteiger partial charge on any atom is 0.264 e. The summed E-state index contributed by atoms with van der Waals surface area (Å²) in [5.74, 6) is -1.01. The van der Waals surface area contributed by atoms with Crippen molar-refractivity contribution in [3.63, 3.8) is 0 Å². The Hall–Kier alpha value is -2.49. The molecule has 41 heavy (non-hydrogen) atoms. The average molecular weight is 659 g/mol. The standard InChI is InChI=1S/C29H31Cl4N3O4S/c1-4-5-15-34-29(38)20(3)35(17-21-11-14-23(30)25(32)16-21)27(37)18-36(26-8-6-7-24(31)28(26)33)41(39,40)22-12-9-19(2)10-13-22/h6-14,16,20H,4-5,15,17-18H2,1-3H3,(H,34,38)/t20-/m1/s1. The smallest absolute Gasteiger partial charge is 0.264 e. The number of sulfonamides is 1. The molecule has 0 bridgehead atoms. The van der Waals surface area contributed by atoms with E-state index < -0.39 is 28.5 Å². The lowest BCUT2D eigenvalue weighted by Crippen LogP contribution is -2.51. The van der Waals surface area contributed by atoms with Crippen molar-refractivity contribution in [2.45, 2.75) is 51.1 Å². The highest BCUT2D eigenvalue weighted by Crippen LogP contribution is 2.35. The molecule has 0 aliphatic carbocycles. The first-order valence-electron chi connectivity index (χ1n) is 12.9. The summed E-state index contributed by atoms with van der Waals surface area (Å²) < 4.78 is 28.8. The molecular weight excluding hydrogens is 628 g/mol. The maximum absolute atomic E-state index is 14.0. The Morgan fingerprint density at radius 1 is 0.927 bits per heavy atom. The minimum Gasteiger partial charge on any atom is -0.354 e. The number of halogens is 4. The second-order valence-electron chi connectivity index (χ2n) is 9.49. The second kappa shape index (κ2) is 14.6. The van der Waals surface area contributed by atoms with Crippen LogP contribution in [0.2, 0.25) is 20.1 Å². The zero-order valence-corrected chi connectivity index (χ0v) is 26.7. The van der Waals surface area contributed by atoms with Crippen LogP contribution in [0, 0.1) is 6.92 Å². The van der Waals surface area contributed by atoms with Crippen molar-refractivity contribution in [3.8, 4) is 0 Å². The van der Waals surface area contributed by atoms with Crippen molar-refractivity contribution in [1.82, 2.24) is 10.2 Å². The zero-order valence-electron chi connectivity index (χ0n) is 22.8. The molecule has 1 atom stereocenters. The van der Waals surface area contributed by atoms with Crippen LogP contribution in [-0.4, -0.2) is 44.3 Å². The highest BCUT2D eigenvalue weighted by Gasteiger charge is 2.33. The summed E-state index contributed by atoms with van der Waals surface area (Å²) in [7, 11) is -4.28. The number of aryl methyl sites for hydroxylation is 1. The monoisotopic (exact) mass is 657 g/mol. The molecule has 12 heteroatoms. The first-order chi connectivity index (χ1) is 19.4. The van der Waals surface area contributed by atoms with Crippen LogP contribution in [-0.2, 0) is 26.2 Å². The van der Waals surface area contributed by atoms with Crippen LogP contribution in [0.15, 0.2) is 65.6 Å². The predicted octanol–water partition coefficient (Wildman–Crippen LogP) is 7.14. The Morgan fingerprint density at radius 3 is 2.24 bits per heavy atom. The van der Waals surface area contributed by atoms with Crippen molar-refractivity contribution in [2.24, 2.45) is 0 Å². The first-order valence-corrected chi connectivity index (χ1v) is 15.9. The summed E-state index contributed by atoms with van der Waals surface area (Å²) in [4.78, 5) is 28.3. The quantitative estimate of drug-likeness (QED) is 0.210. The van der Waals surface area contributed by atoms with Crippen LogP contribution >= 0.6 is 46.4 Å². The van der Waals surface area contributed by atoms with Crippen molar-refractivity contribution in [1.29, 1.82) is 0 Å². The highest BCUT2D eigenvalue weighted by molar-refractivity contribution is 7.92. The van der Waals surface area contributed by atoms with E-state index in [0.717, 1.165) is 22.7 Å². The Bertz CT molecular complexity index is 1500. The summed E-state index contributed by atoms with van der Waals surface area (Å²) in [5, 5.41) is 3.55. The van der Waals surface area contributed by atoms with Gasteiger partial charge in [0.25, 0.3) is 10.0 Å². The fourth-order valence-electron chi connectivity index (χ4n) is 3.99. The number of anilines is 1. The van der Waals surface area contributed by atoms with Crippen LogP contribution in [0.4, 0.5) is 5.69 Å². The Labute approximate surface area is 261 Å². The lowest BCUT2D eigenvalue weighted by molar-refractivity contribution is -0.139. The van der Waals surface area contributed by atoms with Gasteiger partial charge in [0.1, 0.15) is 12.6 Å². The molecule has 0 saturated carbocycles. The van der Waals surface area contributed by atoms with Crippen molar-refractivity contribution in [3.05, 3.63) is 91.9 Å². The lowest BCUT2D eigenvalue weighted by Gasteiger charge is -2.32. The predicted molar refractivity (Wildman–Crippen MR) is 167 cm³/mol. The van der Waals surface area contributed by atoms with E-state index in [1.54, 1.807) is 43.3 Å². The number of nitrogens with zero attached hydrogens (tertiary/aromatic N) is 2. The zero-order chi connectivity index (χ0) is 30.3. The van der Waals surface area contributed by atoms with Gasteiger partial charge in [-0.3, -0.25) is 13.9 Å². The Morgan fingerprint density at radius 2 is 1.61 bits per heavy atom. The summed E-state index contributed by atoms with van der Waals surface area (Å²) in [5.41, 5.74) is 1.50. The van der Waals surface area contributed by atoms with E-state index in [1.807, 2.05) is 13.8 Å². The molecule has 3 aromatic carbocycles. The van der Waals surface area contributed by atoms with Crippen molar-refractivity contribution < 1.29 is 18.0 Å². The molecule has 0 saturated heterocycles. The summed E-state index contributed by atoms with van der Waals surface area (Å²) in [6.45, 7) is 5.19. The van der Waals surface area contributed by atoms with Gasteiger partial charge in [-0.1, -0.05) is 89.6 Å². The van der Waals surface area contributed by atoms with E-state index in [-0.39, 0.29) is 38.1 Å². The van der Waals surface area contributed by atoms with Gasteiger partial charge in [0.05, 0.1) is 30.7 Å². The van der Waals surface area contributed by atoms with Gasteiger partial charge in [-0.25, -0.2) is 8.42 Å². The van der Waals surface area contributed by atoms with E-state index in [1.165, 1.54) is 29.2 Å². The summed E-state index contributed by atoms with van der Waals surface area (Å²) in [6.07, 6.45) is 1.65. The molecular formula is C29H31Cl4N3O4S. The number of amides is 2. The normalized spacial score (nSPS) is 12.1. The van der Waals surface area contributed by atoms with E-state index in [9.17, 15) is 18.0 Å². The van der Waals surface area contributed by atoms with E-state index in [2.05, 4.69) is 5.32 Å². The van der Waals surface area contributed by atoms with Crippen LogP contribution in [0.1, 0.15) is 37.8 Å². The number of carbonyl (C=O) groups is 2. The SMILES string of the molecule is CCCCNC(=O)[C@@H](C)N(Cc1ccc(Cl)c(Cl)c1)C(=O)CN(c1cccc(Cl)c1Cl)S(=O)(=O)c1ccc(C)cc1. The topological polar surface area (TPSA) is 86.8 Å². The fraction of sp³-hybridized carbons (Fsp3) is 0.310.